The normalized spacial score (nSPS) is 16.1. The van der Waals surface area contributed by atoms with Gasteiger partial charge in [-0.2, -0.15) is 0 Å². The van der Waals surface area contributed by atoms with Gasteiger partial charge in [0.15, 0.2) is 0 Å². The maximum atomic E-state index is 12.1. The van der Waals surface area contributed by atoms with Crippen molar-refractivity contribution in [3.8, 4) is 11.5 Å². The number of nitrogens with zero attached hydrogens (tertiary/aromatic N) is 1. The monoisotopic (exact) mass is 321 g/mol. The van der Waals surface area contributed by atoms with Crippen LogP contribution >= 0.6 is 0 Å². The Bertz CT molecular complexity index is 542. The van der Waals surface area contributed by atoms with E-state index in [0.717, 1.165) is 29.9 Å². The predicted octanol–water partition coefficient (Wildman–Crippen LogP) is 3.78. The Morgan fingerprint density at radius 3 is 2.30 bits per heavy atom. The van der Waals surface area contributed by atoms with E-state index in [1.54, 1.807) is 12.0 Å². The van der Waals surface area contributed by atoms with Crippen LogP contribution in [0.4, 0.5) is 4.79 Å². The number of rotatable bonds is 3. The number of ether oxygens (including phenoxy) is 3. The first-order valence-electron chi connectivity index (χ1n) is 8.07. The van der Waals surface area contributed by atoms with Gasteiger partial charge in [-0.15, -0.1) is 0 Å². The summed E-state index contributed by atoms with van der Waals surface area (Å²) in [7, 11) is 1.65. The molecule has 0 saturated carbocycles. The van der Waals surface area contributed by atoms with Crippen LogP contribution in [0.5, 0.6) is 11.5 Å². The van der Waals surface area contributed by atoms with E-state index in [1.807, 2.05) is 45.9 Å². The average molecular weight is 321 g/mol. The Kier molecular flexibility index (Phi) is 5.39. The van der Waals surface area contributed by atoms with E-state index in [1.165, 1.54) is 0 Å². The molecule has 5 heteroatoms. The van der Waals surface area contributed by atoms with Crippen LogP contribution in [0.3, 0.4) is 0 Å². The zero-order valence-corrected chi connectivity index (χ0v) is 14.7. The fourth-order valence-corrected chi connectivity index (χ4v) is 2.58. The Morgan fingerprint density at radius 1 is 1.13 bits per heavy atom. The predicted molar refractivity (Wildman–Crippen MR) is 89.2 cm³/mol. The zero-order chi connectivity index (χ0) is 17.0. The molecule has 128 valence electrons. The fourth-order valence-electron chi connectivity index (χ4n) is 2.58. The Balaban J connectivity index is 1.87. The lowest BCUT2D eigenvalue weighted by atomic mass is 10.1. The second-order valence-corrected chi connectivity index (χ2v) is 6.97. The lowest BCUT2D eigenvalue weighted by Crippen LogP contribution is -2.44. The van der Waals surface area contributed by atoms with Gasteiger partial charge in [-0.1, -0.05) is 0 Å². The van der Waals surface area contributed by atoms with Crippen LogP contribution in [-0.2, 0) is 4.74 Å². The average Bonchev–Trinajstić information content (AvgIpc) is 2.45. The molecule has 1 aliphatic rings. The van der Waals surface area contributed by atoms with Crippen LogP contribution in [0.2, 0.25) is 0 Å². The molecule has 0 spiro atoms. The molecule has 0 aliphatic carbocycles. The summed E-state index contributed by atoms with van der Waals surface area (Å²) in [6.45, 7) is 8.97. The summed E-state index contributed by atoms with van der Waals surface area (Å²) in [4.78, 5) is 13.8. The first-order chi connectivity index (χ1) is 10.8. The molecule has 23 heavy (non-hydrogen) atoms. The minimum atomic E-state index is -0.456. The Morgan fingerprint density at radius 2 is 1.74 bits per heavy atom. The third-order valence-corrected chi connectivity index (χ3v) is 3.66. The molecule has 1 fully saturated rings. The molecule has 1 aromatic carbocycles. The number of amides is 1. The highest BCUT2D eigenvalue weighted by Crippen LogP contribution is 2.25. The van der Waals surface area contributed by atoms with Gasteiger partial charge in [-0.25, -0.2) is 4.79 Å². The van der Waals surface area contributed by atoms with Crippen LogP contribution in [-0.4, -0.2) is 42.9 Å². The number of methoxy groups -OCH3 is 1. The topological polar surface area (TPSA) is 48.0 Å². The van der Waals surface area contributed by atoms with Gasteiger partial charge in [0.1, 0.15) is 23.2 Å². The van der Waals surface area contributed by atoms with Crippen LogP contribution in [0.1, 0.15) is 39.2 Å². The smallest absolute Gasteiger partial charge is 0.410 e. The molecule has 1 saturated heterocycles. The van der Waals surface area contributed by atoms with Crippen molar-refractivity contribution in [2.24, 2.45) is 0 Å². The van der Waals surface area contributed by atoms with Crippen molar-refractivity contribution in [2.45, 2.75) is 52.2 Å². The maximum absolute atomic E-state index is 12.1. The number of carbonyl (C=O) groups excluding carboxylic acids is 1. The highest BCUT2D eigenvalue weighted by Gasteiger charge is 2.27. The lowest BCUT2D eigenvalue weighted by Gasteiger charge is -2.33. The summed E-state index contributed by atoms with van der Waals surface area (Å²) in [6, 6.07) is 5.87. The van der Waals surface area contributed by atoms with E-state index in [4.69, 9.17) is 14.2 Å². The van der Waals surface area contributed by atoms with E-state index in [2.05, 4.69) is 0 Å². The first kappa shape index (κ1) is 17.4. The minimum absolute atomic E-state index is 0.111. The summed E-state index contributed by atoms with van der Waals surface area (Å²) in [5.74, 6) is 1.61. The van der Waals surface area contributed by atoms with E-state index in [0.29, 0.717) is 13.1 Å². The molecule has 1 amide bonds. The van der Waals surface area contributed by atoms with Crippen molar-refractivity contribution < 1.29 is 19.0 Å². The number of hydrogen-bond acceptors (Lipinski definition) is 4. The molecule has 1 heterocycles. The largest absolute Gasteiger partial charge is 0.497 e. The third-order valence-electron chi connectivity index (χ3n) is 3.66. The Hall–Kier alpha value is -1.91. The summed E-state index contributed by atoms with van der Waals surface area (Å²) >= 11 is 0. The summed E-state index contributed by atoms with van der Waals surface area (Å²) < 4.78 is 16.7. The highest BCUT2D eigenvalue weighted by atomic mass is 16.6. The summed E-state index contributed by atoms with van der Waals surface area (Å²) in [6.07, 6.45) is 1.47. The molecule has 1 aliphatic heterocycles. The molecule has 2 rings (SSSR count). The van der Waals surface area contributed by atoms with Crippen molar-refractivity contribution in [2.75, 3.05) is 20.2 Å². The quantitative estimate of drug-likeness (QED) is 0.850. The second-order valence-electron chi connectivity index (χ2n) is 6.97. The van der Waals surface area contributed by atoms with E-state index in [-0.39, 0.29) is 12.2 Å². The number of aryl methyl sites for hydroxylation is 1. The van der Waals surface area contributed by atoms with Gasteiger partial charge in [-0.05, 0) is 45.4 Å². The molecule has 0 radical (unpaired) electrons. The third kappa shape index (κ3) is 5.34. The Labute approximate surface area is 138 Å². The van der Waals surface area contributed by atoms with Gasteiger partial charge in [0, 0.05) is 32.0 Å². The molecule has 0 N–H and O–H groups in total. The van der Waals surface area contributed by atoms with Crippen LogP contribution in [0.25, 0.3) is 0 Å². The van der Waals surface area contributed by atoms with Gasteiger partial charge in [-0.3, -0.25) is 0 Å². The van der Waals surface area contributed by atoms with Crippen molar-refractivity contribution >= 4 is 6.09 Å². The number of hydrogen-bond donors (Lipinski definition) is 0. The van der Waals surface area contributed by atoms with E-state index >= 15 is 0 Å². The number of piperidine rings is 1. The van der Waals surface area contributed by atoms with Gasteiger partial charge in [0.25, 0.3) is 0 Å². The van der Waals surface area contributed by atoms with Crippen LogP contribution in [0.15, 0.2) is 18.2 Å². The zero-order valence-electron chi connectivity index (χ0n) is 14.7. The second kappa shape index (κ2) is 7.11. The SMILES string of the molecule is COc1cc(C)cc(OC2CCN(C(=O)OC(C)(C)C)CC2)c1. The van der Waals surface area contributed by atoms with Gasteiger partial charge < -0.3 is 19.1 Å². The summed E-state index contributed by atoms with van der Waals surface area (Å²) in [5.41, 5.74) is 0.647. The van der Waals surface area contributed by atoms with Crippen molar-refractivity contribution in [1.82, 2.24) is 4.90 Å². The number of benzene rings is 1. The molecule has 0 bridgehead atoms. The van der Waals surface area contributed by atoms with Crippen molar-refractivity contribution in [1.29, 1.82) is 0 Å². The standard InChI is InChI=1S/C18H27NO4/c1-13-10-15(21-5)12-16(11-13)22-14-6-8-19(9-7-14)17(20)23-18(2,3)4/h10-12,14H,6-9H2,1-5H3. The summed E-state index contributed by atoms with van der Waals surface area (Å²) in [5, 5.41) is 0. The van der Waals surface area contributed by atoms with Gasteiger partial charge in [0.2, 0.25) is 0 Å². The van der Waals surface area contributed by atoms with Crippen LogP contribution in [0, 0.1) is 6.92 Å². The van der Waals surface area contributed by atoms with E-state index in [9.17, 15) is 4.79 Å². The highest BCUT2D eigenvalue weighted by molar-refractivity contribution is 5.68. The molecule has 0 unspecified atom stereocenters. The molecular formula is C18H27NO4. The first-order valence-corrected chi connectivity index (χ1v) is 8.07. The molecule has 5 nitrogen and oxygen atoms in total. The maximum Gasteiger partial charge on any atom is 0.410 e. The lowest BCUT2D eigenvalue weighted by molar-refractivity contribution is 0.0126. The van der Waals surface area contributed by atoms with Crippen LogP contribution < -0.4 is 9.47 Å². The fraction of sp³-hybridized carbons (Fsp3) is 0.611. The van der Waals surface area contributed by atoms with Crippen molar-refractivity contribution in [3.63, 3.8) is 0 Å². The van der Waals surface area contributed by atoms with Gasteiger partial charge >= 0.3 is 6.09 Å². The molecule has 1 aromatic rings. The number of likely N-dealkylation sites (tertiary alicyclic amines) is 1. The van der Waals surface area contributed by atoms with E-state index < -0.39 is 5.60 Å². The minimum Gasteiger partial charge on any atom is -0.497 e. The molecular weight excluding hydrogens is 294 g/mol. The molecule has 0 atom stereocenters. The van der Waals surface area contributed by atoms with Gasteiger partial charge in [0.05, 0.1) is 7.11 Å². The molecule has 0 aromatic heterocycles. The number of carbonyl (C=O) groups is 1. The van der Waals surface area contributed by atoms with Crippen molar-refractivity contribution in [3.05, 3.63) is 23.8 Å².